The molecule has 18 heavy (non-hydrogen) atoms. The second kappa shape index (κ2) is 5.19. The first kappa shape index (κ1) is 13.2. The monoisotopic (exact) mass is 378 g/mol. The first-order chi connectivity index (χ1) is 8.49. The number of aromatic nitrogens is 1. The van der Waals surface area contributed by atoms with Crippen molar-refractivity contribution in [2.75, 3.05) is 4.72 Å². The van der Waals surface area contributed by atoms with E-state index in [0.717, 1.165) is 6.07 Å². The molecule has 2 aromatic rings. The van der Waals surface area contributed by atoms with Crippen LogP contribution in [-0.2, 0) is 10.0 Å². The molecule has 4 nitrogen and oxygen atoms in total. The molecule has 0 aliphatic heterocycles. The Morgan fingerprint density at radius 1 is 1.11 bits per heavy atom. The van der Waals surface area contributed by atoms with Crippen LogP contribution >= 0.6 is 22.6 Å². The van der Waals surface area contributed by atoms with E-state index in [1.807, 2.05) is 0 Å². The maximum Gasteiger partial charge on any atom is 0.261 e. The molecular formula is C11H8FIN2O2S. The van der Waals surface area contributed by atoms with E-state index in [1.54, 1.807) is 40.8 Å². The SMILES string of the molecule is O=S(=O)(Nc1ccc(F)nc1I)c1ccccc1. The Hall–Kier alpha value is -1.22. The molecule has 0 bridgehead atoms. The van der Waals surface area contributed by atoms with Crippen LogP contribution in [0.1, 0.15) is 0 Å². The minimum absolute atomic E-state index is 0.144. The standard InChI is InChI=1S/C11H8FIN2O2S/c12-10-7-6-9(11(13)14-10)15-18(16,17)8-4-2-1-3-5-8/h1-7,15H. The van der Waals surface area contributed by atoms with Crippen molar-refractivity contribution in [2.24, 2.45) is 0 Å². The van der Waals surface area contributed by atoms with Gasteiger partial charge in [0.05, 0.1) is 10.6 Å². The van der Waals surface area contributed by atoms with Crippen LogP contribution in [0.3, 0.4) is 0 Å². The summed E-state index contributed by atoms with van der Waals surface area (Å²) in [5.74, 6) is -0.651. The number of hydrogen-bond acceptors (Lipinski definition) is 3. The van der Waals surface area contributed by atoms with Crippen LogP contribution < -0.4 is 4.72 Å². The van der Waals surface area contributed by atoms with Crippen molar-refractivity contribution >= 4 is 38.3 Å². The first-order valence-electron chi connectivity index (χ1n) is 4.89. The molecule has 0 saturated carbocycles. The van der Waals surface area contributed by atoms with Crippen molar-refractivity contribution < 1.29 is 12.8 Å². The summed E-state index contributed by atoms with van der Waals surface area (Å²) < 4.78 is 39.4. The van der Waals surface area contributed by atoms with E-state index in [0.29, 0.717) is 0 Å². The van der Waals surface area contributed by atoms with Gasteiger partial charge in [0.1, 0.15) is 3.70 Å². The quantitative estimate of drug-likeness (QED) is 0.660. The largest absolute Gasteiger partial charge is 0.277 e. The number of nitrogens with one attached hydrogen (secondary N) is 1. The highest BCUT2D eigenvalue weighted by molar-refractivity contribution is 14.1. The highest BCUT2D eigenvalue weighted by Crippen LogP contribution is 2.20. The number of benzene rings is 1. The molecule has 0 unspecified atom stereocenters. The fourth-order valence-corrected chi connectivity index (χ4v) is 3.11. The smallest absolute Gasteiger partial charge is 0.261 e. The van der Waals surface area contributed by atoms with Gasteiger partial charge >= 0.3 is 0 Å². The Balaban J connectivity index is 2.34. The zero-order valence-electron chi connectivity index (χ0n) is 8.97. The Bertz CT molecular complexity index is 662. The lowest BCUT2D eigenvalue weighted by molar-refractivity contribution is 0.580. The molecule has 0 atom stereocenters. The zero-order chi connectivity index (χ0) is 13.2. The second-order valence-corrected chi connectivity index (χ2v) is 6.10. The van der Waals surface area contributed by atoms with Crippen LogP contribution in [0.5, 0.6) is 0 Å². The lowest BCUT2D eigenvalue weighted by Crippen LogP contribution is -2.14. The molecule has 0 aliphatic rings. The van der Waals surface area contributed by atoms with Crippen LogP contribution in [0, 0.1) is 9.65 Å². The second-order valence-electron chi connectivity index (χ2n) is 3.39. The zero-order valence-corrected chi connectivity index (χ0v) is 11.9. The van der Waals surface area contributed by atoms with Gasteiger partial charge in [-0.25, -0.2) is 13.4 Å². The van der Waals surface area contributed by atoms with E-state index in [-0.39, 0.29) is 14.3 Å². The molecule has 0 spiro atoms. The summed E-state index contributed by atoms with van der Waals surface area (Å²) in [6.45, 7) is 0. The summed E-state index contributed by atoms with van der Waals surface area (Å²) in [6, 6.07) is 10.4. The number of anilines is 1. The molecular weight excluding hydrogens is 370 g/mol. The molecule has 1 heterocycles. The molecule has 2 rings (SSSR count). The lowest BCUT2D eigenvalue weighted by atomic mass is 10.4. The van der Waals surface area contributed by atoms with Crippen molar-refractivity contribution in [2.45, 2.75) is 4.90 Å². The summed E-state index contributed by atoms with van der Waals surface area (Å²) in [5.41, 5.74) is 0.251. The van der Waals surface area contributed by atoms with Gasteiger partial charge in [0, 0.05) is 0 Å². The van der Waals surface area contributed by atoms with Gasteiger partial charge in [0.15, 0.2) is 0 Å². The number of pyridine rings is 1. The van der Waals surface area contributed by atoms with Crippen LogP contribution in [0.25, 0.3) is 0 Å². The van der Waals surface area contributed by atoms with E-state index < -0.39 is 16.0 Å². The van der Waals surface area contributed by atoms with Crippen molar-refractivity contribution in [1.29, 1.82) is 0 Å². The van der Waals surface area contributed by atoms with E-state index in [9.17, 15) is 12.8 Å². The molecule has 0 fully saturated rings. The van der Waals surface area contributed by atoms with Crippen molar-refractivity contribution in [3.05, 3.63) is 52.1 Å². The molecule has 0 radical (unpaired) electrons. The van der Waals surface area contributed by atoms with Crippen molar-refractivity contribution in [1.82, 2.24) is 4.98 Å². The summed E-state index contributed by atoms with van der Waals surface area (Å²) in [4.78, 5) is 3.69. The minimum atomic E-state index is -3.67. The van der Waals surface area contributed by atoms with Gasteiger partial charge in [-0.1, -0.05) is 18.2 Å². The molecule has 0 amide bonds. The van der Waals surface area contributed by atoms with Gasteiger partial charge in [-0.2, -0.15) is 4.39 Å². The number of hydrogen-bond donors (Lipinski definition) is 1. The maximum absolute atomic E-state index is 12.8. The van der Waals surface area contributed by atoms with E-state index in [2.05, 4.69) is 9.71 Å². The van der Waals surface area contributed by atoms with E-state index in [1.165, 1.54) is 18.2 Å². The number of sulfonamides is 1. The lowest BCUT2D eigenvalue weighted by Gasteiger charge is -2.08. The topological polar surface area (TPSA) is 59.1 Å². The van der Waals surface area contributed by atoms with Crippen LogP contribution in [0.15, 0.2) is 47.4 Å². The average Bonchev–Trinajstić information content (AvgIpc) is 2.34. The summed E-state index contributed by atoms with van der Waals surface area (Å²) in [5, 5.41) is 0. The Morgan fingerprint density at radius 2 is 1.78 bits per heavy atom. The molecule has 1 aromatic heterocycles. The fraction of sp³-hybridized carbons (Fsp3) is 0. The van der Waals surface area contributed by atoms with Gasteiger partial charge in [-0.05, 0) is 46.9 Å². The van der Waals surface area contributed by atoms with Crippen molar-refractivity contribution in [3.63, 3.8) is 0 Å². The van der Waals surface area contributed by atoms with Crippen LogP contribution in [-0.4, -0.2) is 13.4 Å². The third-order valence-electron chi connectivity index (χ3n) is 2.11. The Labute approximate surface area is 117 Å². The first-order valence-corrected chi connectivity index (χ1v) is 7.45. The van der Waals surface area contributed by atoms with Gasteiger partial charge < -0.3 is 0 Å². The number of halogens is 2. The molecule has 0 saturated heterocycles. The Morgan fingerprint density at radius 3 is 2.39 bits per heavy atom. The van der Waals surface area contributed by atoms with Crippen LogP contribution in [0.4, 0.5) is 10.1 Å². The normalized spacial score (nSPS) is 11.2. The fourth-order valence-electron chi connectivity index (χ4n) is 1.29. The van der Waals surface area contributed by atoms with E-state index in [4.69, 9.17) is 0 Å². The molecule has 94 valence electrons. The van der Waals surface area contributed by atoms with Gasteiger partial charge in [-0.15, -0.1) is 0 Å². The Kier molecular flexibility index (Phi) is 3.81. The predicted molar refractivity (Wildman–Crippen MR) is 74.2 cm³/mol. The summed E-state index contributed by atoms with van der Waals surface area (Å²) >= 11 is 1.77. The molecule has 1 N–H and O–H groups in total. The highest BCUT2D eigenvalue weighted by Gasteiger charge is 2.15. The van der Waals surface area contributed by atoms with Gasteiger partial charge in [-0.3, -0.25) is 4.72 Å². The van der Waals surface area contributed by atoms with E-state index >= 15 is 0 Å². The summed E-state index contributed by atoms with van der Waals surface area (Å²) in [7, 11) is -3.67. The molecule has 7 heteroatoms. The van der Waals surface area contributed by atoms with Gasteiger partial charge in [0.2, 0.25) is 5.95 Å². The van der Waals surface area contributed by atoms with Crippen molar-refractivity contribution in [3.8, 4) is 0 Å². The average molecular weight is 378 g/mol. The third-order valence-corrected chi connectivity index (χ3v) is 4.32. The third kappa shape index (κ3) is 2.96. The van der Waals surface area contributed by atoms with Crippen LogP contribution in [0.2, 0.25) is 0 Å². The number of nitrogens with zero attached hydrogens (tertiary/aromatic N) is 1. The maximum atomic E-state index is 12.8. The summed E-state index contributed by atoms with van der Waals surface area (Å²) in [6.07, 6.45) is 0. The predicted octanol–water partition coefficient (Wildman–Crippen LogP) is 2.63. The molecule has 0 aliphatic carbocycles. The van der Waals surface area contributed by atoms with Gasteiger partial charge in [0.25, 0.3) is 10.0 Å². The minimum Gasteiger partial charge on any atom is -0.277 e. The highest BCUT2D eigenvalue weighted by atomic mass is 127. The molecule has 1 aromatic carbocycles. The number of rotatable bonds is 3.